The van der Waals surface area contributed by atoms with Gasteiger partial charge in [0.2, 0.25) is 5.75 Å². The van der Waals surface area contributed by atoms with E-state index in [1.165, 1.54) is 30.4 Å². The first-order chi connectivity index (χ1) is 9.49. The van der Waals surface area contributed by atoms with Gasteiger partial charge < -0.3 is 4.74 Å². The molecule has 0 fully saturated rings. The van der Waals surface area contributed by atoms with Gasteiger partial charge in [0.1, 0.15) is 6.61 Å². The number of carbonyl (C=O) groups is 1. The lowest BCUT2D eigenvalue weighted by atomic mass is 10.1. The summed E-state index contributed by atoms with van der Waals surface area (Å²) in [7, 11) is 0. The van der Waals surface area contributed by atoms with E-state index in [0.717, 1.165) is 0 Å². The van der Waals surface area contributed by atoms with Crippen LogP contribution in [0.25, 0.3) is 0 Å². The Balaban J connectivity index is 2.42. The average Bonchev–Trinajstić information content (AvgIpc) is 2.89. The van der Waals surface area contributed by atoms with Gasteiger partial charge in [0.05, 0.1) is 21.7 Å². The molecule has 8 heteroatoms. The van der Waals surface area contributed by atoms with Gasteiger partial charge in [-0.15, -0.1) is 11.3 Å². The third-order valence-corrected chi connectivity index (χ3v) is 3.55. The number of carbonyl (C=O) groups excluding carboxylic acids is 1. The summed E-state index contributed by atoms with van der Waals surface area (Å²) in [6, 6.07) is 2.81. The van der Waals surface area contributed by atoms with Gasteiger partial charge in [0.25, 0.3) is 0 Å². The zero-order valence-electron chi connectivity index (χ0n) is 10.3. The van der Waals surface area contributed by atoms with E-state index in [0.29, 0.717) is 10.2 Å². The lowest BCUT2D eigenvalue weighted by molar-refractivity contribution is -0.386. The van der Waals surface area contributed by atoms with Crippen molar-refractivity contribution < 1.29 is 14.5 Å². The lowest BCUT2D eigenvalue weighted by Crippen LogP contribution is -2.05. The van der Waals surface area contributed by atoms with Crippen molar-refractivity contribution in [1.29, 1.82) is 0 Å². The highest BCUT2D eigenvalue weighted by molar-refractivity contribution is 9.10. The van der Waals surface area contributed by atoms with Crippen LogP contribution in [0.4, 0.5) is 5.69 Å². The first kappa shape index (κ1) is 14.6. The van der Waals surface area contributed by atoms with Crippen molar-refractivity contribution in [3.63, 3.8) is 0 Å². The molecule has 1 aromatic carbocycles. The Kier molecular flexibility index (Phi) is 4.46. The first-order valence-corrected chi connectivity index (χ1v) is 7.21. The van der Waals surface area contributed by atoms with Crippen LogP contribution in [0.15, 0.2) is 27.5 Å². The van der Waals surface area contributed by atoms with Crippen molar-refractivity contribution in [3.05, 3.63) is 48.9 Å². The smallest absolute Gasteiger partial charge is 0.312 e. The Morgan fingerprint density at radius 3 is 2.85 bits per heavy atom. The molecule has 2 rings (SSSR count). The monoisotopic (exact) mass is 356 g/mol. The van der Waals surface area contributed by atoms with Crippen LogP contribution in [0.2, 0.25) is 0 Å². The molecule has 0 radical (unpaired) electrons. The van der Waals surface area contributed by atoms with E-state index in [1.807, 2.05) is 0 Å². The summed E-state index contributed by atoms with van der Waals surface area (Å²) in [6.07, 6.45) is 0. The number of nitrogens with zero attached hydrogens (tertiary/aromatic N) is 2. The molecular formula is C12H9BrN2O4S. The predicted octanol–water partition coefficient (Wildman–Crippen LogP) is 3.60. The third kappa shape index (κ3) is 3.20. The molecular weight excluding hydrogens is 348 g/mol. The maximum absolute atomic E-state index is 11.6. The molecule has 1 heterocycles. The van der Waals surface area contributed by atoms with Crippen molar-refractivity contribution in [2.45, 2.75) is 13.5 Å². The zero-order chi connectivity index (χ0) is 14.7. The molecule has 0 unspecified atom stereocenters. The van der Waals surface area contributed by atoms with Crippen molar-refractivity contribution in [3.8, 4) is 5.75 Å². The number of nitro benzene ring substituents is 1. The van der Waals surface area contributed by atoms with Gasteiger partial charge in [0, 0.05) is 15.9 Å². The van der Waals surface area contributed by atoms with Crippen LogP contribution in [-0.2, 0) is 6.61 Å². The molecule has 1 aromatic heterocycles. The molecule has 0 aliphatic rings. The summed E-state index contributed by atoms with van der Waals surface area (Å²) in [5.41, 5.74) is 2.21. The van der Waals surface area contributed by atoms with Crippen LogP contribution >= 0.6 is 27.3 Å². The number of nitro groups is 1. The van der Waals surface area contributed by atoms with E-state index in [2.05, 4.69) is 20.9 Å². The number of benzene rings is 1. The number of Topliss-reactive ketones (excluding diaryl/α,β-unsaturated/α-hetero) is 1. The highest BCUT2D eigenvalue weighted by atomic mass is 79.9. The van der Waals surface area contributed by atoms with Crippen LogP contribution < -0.4 is 4.74 Å². The Morgan fingerprint density at radius 2 is 2.30 bits per heavy atom. The number of aromatic nitrogens is 1. The molecule has 6 nitrogen and oxygen atoms in total. The fourth-order valence-electron chi connectivity index (χ4n) is 1.58. The minimum absolute atomic E-state index is 0.0290. The fourth-order valence-corrected chi connectivity index (χ4v) is 2.57. The van der Waals surface area contributed by atoms with E-state index < -0.39 is 4.92 Å². The van der Waals surface area contributed by atoms with Crippen molar-refractivity contribution in [1.82, 2.24) is 4.98 Å². The van der Waals surface area contributed by atoms with Crippen LogP contribution in [0.3, 0.4) is 0 Å². The summed E-state index contributed by atoms with van der Waals surface area (Å²) in [6.45, 7) is 1.41. The minimum atomic E-state index is -0.576. The van der Waals surface area contributed by atoms with Crippen molar-refractivity contribution in [2.24, 2.45) is 0 Å². The average molecular weight is 357 g/mol. The SMILES string of the molecule is CC(=O)c1cc(Br)cc([N+](=O)[O-])c1OCc1cscn1. The Morgan fingerprint density at radius 1 is 1.55 bits per heavy atom. The number of ketones is 1. The summed E-state index contributed by atoms with van der Waals surface area (Å²) in [5, 5.41) is 12.9. The van der Waals surface area contributed by atoms with E-state index in [9.17, 15) is 14.9 Å². The Labute approximate surface area is 126 Å². The maximum Gasteiger partial charge on any atom is 0.312 e. The number of thiazole rings is 1. The number of hydrogen-bond acceptors (Lipinski definition) is 6. The quantitative estimate of drug-likeness (QED) is 0.464. The van der Waals surface area contributed by atoms with Gasteiger partial charge >= 0.3 is 5.69 Å². The number of hydrogen-bond donors (Lipinski definition) is 0. The van der Waals surface area contributed by atoms with E-state index in [1.54, 1.807) is 10.9 Å². The summed E-state index contributed by atoms with van der Waals surface area (Å²) >= 11 is 4.55. The molecule has 104 valence electrons. The molecule has 0 saturated carbocycles. The minimum Gasteiger partial charge on any atom is -0.480 e. The van der Waals surface area contributed by atoms with Gasteiger partial charge in [-0.1, -0.05) is 15.9 Å². The predicted molar refractivity (Wildman–Crippen MR) is 77.2 cm³/mol. The second kappa shape index (κ2) is 6.10. The van der Waals surface area contributed by atoms with E-state index in [4.69, 9.17) is 4.74 Å². The molecule has 0 aliphatic heterocycles. The Bertz CT molecular complexity index is 622. The third-order valence-electron chi connectivity index (χ3n) is 2.46. The topological polar surface area (TPSA) is 82.3 Å². The second-order valence-corrected chi connectivity index (χ2v) is 5.52. The highest BCUT2D eigenvalue weighted by Gasteiger charge is 2.23. The molecule has 0 saturated heterocycles. The molecule has 0 spiro atoms. The van der Waals surface area contributed by atoms with Crippen LogP contribution in [-0.4, -0.2) is 15.7 Å². The number of ether oxygens (including phenoxy) is 1. The first-order valence-electron chi connectivity index (χ1n) is 5.47. The molecule has 0 aliphatic carbocycles. The van der Waals surface area contributed by atoms with E-state index >= 15 is 0 Å². The van der Waals surface area contributed by atoms with Crippen LogP contribution in [0.5, 0.6) is 5.75 Å². The second-order valence-electron chi connectivity index (χ2n) is 3.88. The van der Waals surface area contributed by atoms with E-state index in [-0.39, 0.29) is 29.4 Å². The summed E-state index contributed by atoms with van der Waals surface area (Å²) in [4.78, 5) is 26.2. The number of rotatable bonds is 5. The van der Waals surface area contributed by atoms with Crippen molar-refractivity contribution in [2.75, 3.05) is 0 Å². The fraction of sp³-hybridized carbons (Fsp3) is 0.167. The zero-order valence-corrected chi connectivity index (χ0v) is 12.7. The van der Waals surface area contributed by atoms with Crippen LogP contribution in [0.1, 0.15) is 23.0 Å². The molecule has 0 atom stereocenters. The van der Waals surface area contributed by atoms with Crippen LogP contribution in [0, 0.1) is 10.1 Å². The maximum atomic E-state index is 11.6. The highest BCUT2D eigenvalue weighted by Crippen LogP contribution is 2.35. The Hall–Kier alpha value is -1.80. The van der Waals surface area contributed by atoms with Gasteiger partial charge in [-0.3, -0.25) is 14.9 Å². The molecule has 0 N–H and O–H groups in total. The standard InChI is InChI=1S/C12H9BrN2O4S/c1-7(16)10-2-8(13)3-11(15(17)18)12(10)19-4-9-5-20-6-14-9/h2-3,5-6H,4H2,1H3. The summed E-state index contributed by atoms with van der Waals surface area (Å²) < 4.78 is 5.91. The molecule has 0 bridgehead atoms. The van der Waals surface area contributed by atoms with Gasteiger partial charge in [-0.25, -0.2) is 4.98 Å². The van der Waals surface area contributed by atoms with Gasteiger partial charge in [-0.05, 0) is 13.0 Å². The lowest BCUT2D eigenvalue weighted by Gasteiger charge is -2.10. The van der Waals surface area contributed by atoms with Crippen molar-refractivity contribution >= 4 is 38.7 Å². The van der Waals surface area contributed by atoms with Gasteiger partial charge in [-0.2, -0.15) is 0 Å². The van der Waals surface area contributed by atoms with Gasteiger partial charge in [0.15, 0.2) is 5.78 Å². The summed E-state index contributed by atoms with van der Waals surface area (Å²) in [5.74, 6) is -0.332. The molecule has 20 heavy (non-hydrogen) atoms. The largest absolute Gasteiger partial charge is 0.480 e. The molecule has 0 amide bonds. The number of halogens is 1. The normalized spacial score (nSPS) is 10.3. The molecule has 2 aromatic rings.